The van der Waals surface area contributed by atoms with Crippen LogP contribution < -0.4 is 14.9 Å². The number of urea groups is 1. The van der Waals surface area contributed by atoms with E-state index in [-0.39, 0.29) is 11.8 Å². The van der Waals surface area contributed by atoms with Crippen molar-refractivity contribution in [2.24, 2.45) is 0 Å². The molecule has 1 heterocycles. The fourth-order valence-electron chi connectivity index (χ4n) is 2.82. The Labute approximate surface area is 147 Å². The summed E-state index contributed by atoms with van der Waals surface area (Å²) < 4.78 is 25.6. The minimum atomic E-state index is -3.25. The first kappa shape index (κ1) is 17.3. The van der Waals surface area contributed by atoms with Crippen LogP contribution in [0.5, 0.6) is 0 Å². The molecular weight excluding hydrogens is 338 g/mol. The van der Waals surface area contributed by atoms with E-state index in [1.165, 1.54) is 4.31 Å². The predicted molar refractivity (Wildman–Crippen MR) is 101 cm³/mol. The highest BCUT2D eigenvalue weighted by Gasteiger charge is 2.28. The number of benzene rings is 2. The Kier molecular flexibility index (Phi) is 4.67. The van der Waals surface area contributed by atoms with Crippen LogP contribution in [0.1, 0.15) is 17.5 Å². The van der Waals surface area contributed by atoms with Gasteiger partial charge in [-0.25, -0.2) is 13.2 Å². The molecule has 0 aliphatic carbocycles. The number of sulfonamides is 1. The Bertz CT molecular complexity index is 910. The van der Waals surface area contributed by atoms with E-state index in [1.54, 1.807) is 12.1 Å². The van der Waals surface area contributed by atoms with Crippen molar-refractivity contribution in [1.82, 2.24) is 0 Å². The Morgan fingerprint density at radius 3 is 2.36 bits per heavy atom. The smallest absolute Gasteiger partial charge is 0.307 e. The minimum Gasteiger partial charge on any atom is -0.307 e. The Morgan fingerprint density at radius 2 is 1.68 bits per heavy atom. The standard InChI is InChI=1S/C18H21N3O3S/c1-13-6-3-4-7-16(13)19-18(22)20-17-12-15(9-8-14(17)2)21-10-5-11-25(21,23)24/h3-4,6-9,12H,5,10-11H2,1-2H3,(H2,19,20,22). The minimum absolute atomic E-state index is 0.164. The lowest BCUT2D eigenvalue weighted by Gasteiger charge is -2.19. The Morgan fingerprint density at radius 1 is 1.00 bits per heavy atom. The number of anilines is 3. The van der Waals surface area contributed by atoms with E-state index in [1.807, 2.05) is 44.2 Å². The Hall–Kier alpha value is -2.54. The summed E-state index contributed by atoms with van der Waals surface area (Å²) in [5.74, 6) is 0.164. The number of nitrogens with zero attached hydrogens (tertiary/aromatic N) is 1. The first-order valence-electron chi connectivity index (χ1n) is 8.11. The molecule has 1 fully saturated rings. The van der Waals surface area contributed by atoms with Gasteiger partial charge in [-0.2, -0.15) is 0 Å². The van der Waals surface area contributed by atoms with E-state index in [0.717, 1.165) is 16.8 Å². The molecule has 1 saturated heterocycles. The van der Waals surface area contributed by atoms with E-state index in [9.17, 15) is 13.2 Å². The van der Waals surface area contributed by atoms with Crippen molar-refractivity contribution in [2.75, 3.05) is 27.2 Å². The molecule has 0 atom stereocenters. The fourth-order valence-corrected chi connectivity index (χ4v) is 4.37. The molecule has 1 aliphatic rings. The zero-order valence-corrected chi connectivity index (χ0v) is 15.1. The maximum Gasteiger partial charge on any atom is 0.323 e. The van der Waals surface area contributed by atoms with Gasteiger partial charge in [-0.3, -0.25) is 4.31 Å². The summed E-state index contributed by atoms with van der Waals surface area (Å²) in [6.07, 6.45) is 0.618. The Balaban J connectivity index is 1.79. The van der Waals surface area contributed by atoms with Gasteiger partial charge in [0.1, 0.15) is 0 Å². The van der Waals surface area contributed by atoms with Gasteiger partial charge >= 0.3 is 6.03 Å². The van der Waals surface area contributed by atoms with Crippen LogP contribution in [0.3, 0.4) is 0 Å². The summed E-state index contributed by atoms with van der Waals surface area (Å²) in [7, 11) is -3.25. The third kappa shape index (κ3) is 3.76. The summed E-state index contributed by atoms with van der Waals surface area (Å²) in [4.78, 5) is 12.3. The van der Waals surface area contributed by atoms with E-state index >= 15 is 0 Å². The number of nitrogens with one attached hydrogen (secondary N) is 2. The van der Waals surface area contributed by atoms with Crippen LogP contribution in [0.25, 0.3) is 0 Å². The molecule has 0 spiro atoms. The van der Waals surface area contributed by atoms with Gasteiger partial charge in [0.15, 0.2) is 0 Å². The van der Waals surface area contributed by atoms with Crippen LogP contribution in [0.15, 0.2) is 42.5 Å². The largest absolute Gasteiger partial charge is 0.323 e. The molecule has 6 nitrogen and oxygen atoms in total. The number of aryl methyl sites for hydroxylation is 2. The van der Waals surface area contributed by atoms with E-state index in [4.69, 9.17) is 0 Å². The average Bonchev–Trinajstić information content (AvgIpc) is 2.91. The zero-order valence-electron chi connectivity index (χ0n) is 14.2. The highest BCUT2D eigenvalue weighted by atomic mass is 32.2. The second-order valence-corrected chi connectivity index (χ2v) is 8.15. The number of amides is 2. The van der Waals surface area contributed by atoms with E-state index in [2.05, 4.69) is 10.6 Å². The molecule has 2 N–H and O–H groups in total. The van der Waals surface area contributed by atoms with Crippen LogP contribution in [0.2, 0.25) is 0 Å². The molecule has 0 unspecified atom stereocenters. The molecule has 0 aromatic heterocycles. The highest BCUT2D eigenvalue weighted by molar-refractivity contribution is 7.93. The highest BCUT2D eigenvalue weighted by Crippen LogP contribution is 2.28. The number of carbonyl (C=O) groups is 1. The van der Waals surface area contributed by atoms with Gasteiger partial charge in [-0.05, 0) is 49.6 Å². The van der Waals surface area contributed by atoms with Crippen LogP contribution in [0.4, 0.5) is 21.9 Å². The summed E-state index contributed by atoms with van der Waals surface area (Å²) in [5.41, 5.74) is 3.72. The first-order chi connectivity index (χ1) is 11.9. The van der Waals surface area contributed by atoms with Crippen LogP contribution in [0, 0.1) is 13.8 Å². The zero-order chi connectivity index (χ0) is 18.0. The van der Waals surface area contributed by atoms with E-state index in [0.29, 0.717) is 24.3 Å². The lowest BCUT2D eigenvalue weighted by molar-refractivity contribution is 0.262. The van der Waals surface area contributed by atoms with Crippen molar-refractivity contribution < 1.29 is 13.2 Å². The van der Waals surface area contributed by atoms with Gasteiger partial charge in [-0.1, -0.05) is 24.3 Å². The third-order valence-electron chi connectivity index (χ3n) is 4.25. The molecule has 3 rings (SSSR count). The van der Waals surface area contributed by atoms with Crippen LogP contribution in [-0.2, 0) is 10.0 Å². The summed E-state index contributed by atoms with van der Waals surface area (Å²) in [6, 6.07) is 12.4. The van der Waals surface area contributed by atoms with Crippen LogP contribution >= 0.6 is 0 Å². The molecule has 1 aliphatic heterocycles. The van der Waals surface area contributed by atoms with Crippen molar-refractivity contribution in [2.45, 2.75) is 20.3 Å². The maximum absolute atomic E-state index is 12.3. The molecule has 2 aromatic carbocycles. The molecule has 2 aromatic rings. The van der Waals surface area contributed by atoms with Crippen molar-refractivity contribution in [3.63, 3.8) is 0 Å². The van der Waals surface area contributed by atoms with Gasteiger partial charge in [-0.15, -0.1) is 0 Å². The molecule has 132 valence electrons. The van der Waals surface area contributed by atoms with Gasteiger partial charge in [0, 0.05) is 17.9 Å². The lowest BCUT2D eigenvalue weighted by atomic mass is 10.1. The second kappa shape index (κ2) is 6.76. The summed E-state index contributed by atoms with van der Waals surface area (Å²) in [6.45, 7) is 4.26. The fraction of sp³-hybridized carbons (Fsp3) is 0.278. The molecule has 0 saturated carbocycles. The van der Waals surface area contributed by atoms with Gasteiger partial charge in [0.05, 0.1) is 11.4 Å². The number of hydrogen-bond donors (Lipinski definition) is 2. The van der Waals surface area contributed by atoms with E-state index < -0.39 is 10.0 Å². The summed E-state index contributed by atoms with van der Waals surface area (Å²) in [5, 5.41) is 5.61. The van der Waals surface area contributed by atoms with Gasteiger partial charge < -0.3 is 10.6 Å². The SMILES string of the molecule is Cc1ccccc1NC(=O)Nc1cc(N2CCCS2(=O)=O)ccc1C. The average molecular weight is 359 g/mol. The number of rotatable bonds is 3. The number of carbonyl (C=O) groups excluding carboxylic acids is 1. The normalized spacial score (nSPS) is 15.8. The molecule has 0 bridgehead atoms. The third-order valence-corrected chi connectivity index (χ3v) is 6.12. The van der Waals surface area contributed by atoms with Crippen molar-refractivity contribution in [3.8, 4) is 0 Å². The van der Waals surface area contributed by atoms with Crippen molar-refractivity contribution in [3.05, 3.63) is 53.6 Å². The molecule has 7 heteroatoms. The number of para-hydroxylation sites is 1. The van der Waals surface area contributed by atoms with Crippen molar-refractivity contribution in [1.29, 1.82) is 0 Å². The maximum atomic E-state index is 12.3. The molecule has 25 heavy (non-hydrogen) atoms. The van der Waals surface area contributed by atoms with Gasteiger partial charge in [0.25, 0.3) is 0 Å². The number of hydrogen-bond acceptors (Lipinski definition) is 3. The van der Waals surface area contributed by atoms with Crippen molar-refractivity contribution >= 4 is 33.1 Å². The predicted octanol–water partition coefficient (Wildman–Crippen LogP) is 3.49. The van der Waals surface area contributed by atoms with Crippen LogP contribution in [-0.4, -0.2) is 26.7 Å². The monoisotopic (exact) mass is 359 g/mol. The molecule has 2 amide bonds. The molecular formula is C18H21N3O3S. The molecule has 0 radical (unpaired) electrons. The first-order valence-corrected chi connectivity index (χ1v) is 9.72. The quantitative estimate of drug-likeness (QED) is 0.880. The van der Waals surface area contributed by atoms with Gasteiger partial charge in [0.2, 0.25) is 10.0 Å². The lowest BCUT2D eigenvalue weighted by Crippen LogP contribution is -2.25. The second-order valence-electron chi connectivity index (χ2n) is 6.13. The topological polar surface area (TPSA) is 78.5 Å². The summed E-state index contributed by atoms with van der Waals surface area (Å²) >= 11 is 0.